The molecule has 4 atom stereocenters. The standard InChI is InChI=1S/C27H53NO6/c1-6-10-17-31-22-23-26(33-19-12-8-3)27(34-20-13-9-4)24(32-18-11-7-2)21-28(23)16-14-15-25(29)30-5/h23-24,26-27H,6-22H2,1-5H3. The fraction of sp³-hybridized carbons (Fsp3) is 0.963. The summed E-state index contributed by atoms with van der Waals surface area (Å²) in [5, 5.41) is 0. The number of carbonyl (C=O) groups is 1. The summed E-state index contributed by atoms with van der Waals surface area (Å²) in [5.74, 6) is -0.167. The summed E-state index contributed by atoms with van der Waals surface area (Å²) in [6, 6.07) is 0.0732. The van der Waals surface area contributed by atoms with Crippen molar-refractivity contribution in [3.05, 3.63) is 0 Å². The van der Waals surface area contributed by atoms with Crippen molar-refractivity contribution in [2.75, 3.05) is 53.2 Å². The summed E-state index contributed by atoms with van der Waals surface area (Å²) in [7, 11) is 1.45. The van der Waals surface area contributed by atoms with E-state index < -0.39 is 0 Å². The van der Waals surface area contributed by atoms with Crippen molar-refractivity contribution in [1.82, 2.24) is 4.90 Å². The molecule has 0 spiro atoms. The second-order valence-electron chi connectivity index (χ2n) is 9.31. The van der Waals surface area contributed by atoms with Crippen LogP contribution >= 0.6 is 0 Å². The van der Waals surface area contributed by atoms with E-state index in [1.54, 1.807) is 0 Å². The normalized spacial score (nSPS) is 23.3. The van der Waals surface area contributed by atoms with Crippen LogP contribution in [0.15, 0.2) is 0 Å². The van der Waals surface area contributed by atoms with Crippen LogP contribution in [0.1, 0.15) is 91.9 Å². The van der Waals surface area contributed by atoms with Gasteiger partial charge >= 0.3 is 5.97 Å². The predicted molar refractivity (Wildman–Crippen MR) is 136 cm³/mol. The molecule has 0 saturated carbocycles. The molecule has 0 bridgehead atoms. The van der Waals surface area contributed by atoms with Crippen LogP contribution in [0.4, 0.5) is 0 Å². The van der Waals surface area contributed by atoms with Gasteiger partial charge in [-0.3, -0.25) is 9.69 Å². The van der Waals surface area contributed by atoms with Crippen LogP contribution in [0.25, 0.3) is 0 Å². The molecule has 4 unspecified atom stereocenters. The number of hydrogen-bond acceptors (Lipinski definition) is 7. The maximum atomic E-state index is 11.7. The van der Waals surface area contributed by atoms with Crippen molar-refractivity contribution in [2.24, 2.45) is 0 Å². The molecular weight excluding hydrogens is 434 g/mol. The van der Waals surface area contributed by atoms with Crippen molar-refractivity contribution in [3.63, 3.8) is 0 Å². The Morgan fingerprint density at radius 3 is 1.91 bits per heavy atom. The molecule has 0 aliphatic carbocycles. The number of likely N-dealkylation sites (tertiary alicyclic amines) is 1. The summed E-state index contributed by atoms with van der Waals surface area (Å²) in [6.45, 7) is 13.8. The van der Waals surface area contributed by atoms with Gasteiger partial charge in [-0.05, 0) is 38.6 Å². The zero-order valence-corrected chi connectivity index (χ0v) is 22.7. The minimum atomic E-state index is -0.167. The van der Waals surface area contributed by atoms with Crippen LogP contribution in [0, 0.1) is 0 Å². The number of piperidine rings is 1. The van der Waals surface area contributed by atoms with Crippen molar-refractivity contribution in [2.45, 2.75) is 116 Å². The number of nitrogens with zero attached hydrogens (tertiary/aromatic N) is 1. The lowest BCUT2D eigenvalue weighted by molar-refractivity contribution is -0.201. The number of esters is 1. The molecule has 0 aromatic rings. The van der Waals surface area contributed by atoms with Crippen molar-refractivity contribution in [1.29, 1.82) is 0 Å². The van der Waals surface area contributed by atoms with Gasteiger partial charge < -0.3 is 23.7 Å². The lowest BCUT2D eigenvalue weighted by Crippen LogP contribution is -2.65. The molecule has 1 aliphatic rings. The molecule has 7 heteroatoms. The van der Waals surface area contributed by atoms with Crippen LogP contribution in [-0.2, 0) is 28.5 Å². The highest BCUT2D eigenvalue weighted by atomic mass is 16.6. The lowest BCUT2D eigenvalue weighted by atomic mass is 9.92. The van der Waals surface area contributed by atoms with E-state index in [0.29, 0.717) is 26.2 Å². The minimum Gasteiger partial charge on any atom is -0.469 e. The number of rotatable bonds is 21. The summed E-state index contributed by atoms with van der Waals surface area (Å²) >= 11 is 0. The number of carbonyl (C=O) groups excluding carboxylic acids is 1. The molecule has 1 heterocycles. The average Bonchev–Trinajstić information content (AvgIpc) is 2.84. The molecule has 202 valence electrons. The molecule has 0 aromatic heterocycles. The molecule has 1 aliphatic heterocycles. The topological polar surface area (TPSA) is 66.5 Å². The third-order valence-corrected chi connectivity index (χ3v) is 6.38. The molecule has 1 rings (SSSR count). The fourth-order valence-electron chi connectivity index (χ4n) is 4.21. The first kappa shape index (κ1) is 31.3. The summed E-state index contributed by atoms with van der Waals surface area (Å²) in [6.07, 6.45) is 9.39. The highest BCUT2D eigenvalue weighted by Crippen LogP contribution is 2.28. The van der Waals surface area contributed by atoms with Gasteiger partial charge in [0.1, 0.15) is 12.2 Å². The van der Waals surface area contributed by atoms with Crippen molar-refractivity contribution < 1.29 is 28.5 Å². The summed E-state index contributed by atoms with van der Waals surface area (Å²) < 4.78 is 30.4. The SMILES string of the molecule is CCCCOCC1C(OCCCC)C(OCCCC)C(OCCCC)CN1CCCC(=O)OC. The lowest BCUT2D eigenvalue weighted by Gasteiger charge is -2.48. The zero-order chi connectivity index (χ0) is 25.0. The Kier molecular flexibility index (Phi) is 18.8. The Labute approximate surface area is 209 Å². The van der Waals surface area contributed by atoms with Gasteiger partial charge in [-0.1, -0.05) is 53.4 Å². The van der Waals surface area contributed by atoms with Gasteiger partial charge in [0.15, 0.2) is 0 Å². The highest BCUT2D eigenvalue weighted by Gasteiger charge is 2.45. The second kappa shape index (κ2) is 20.5. The first-order chi connectivity index (χ1) is 16.6. The Morgan fingerprint density at radius 1 is 0.765 bits per heavy atom. The number of methoxy groups -OCH3 is 1. The van der Waals surface area contributed by atoms with Crippen LogP contribution in [0.3, 0.4) is 0 Å². The third-order valence-electron chi connectivity index (χ3n) is 6.38. The predicted octanol–water partition coefficient (Wildman–Crippen LogP) is 5.00. The van der Waals surface area contributed by atoms with Crippen LogP contribution in [-0.4, -0.2) is 88.5 Å². The van der Waals surface area contributed by atoms with Crippen molar-refractivity contribution >= 4 is 5.97 Å². The van der Waals surface area contributed by atoms with E-state index in [-0.39, 0.29) is 30.3 Å². The first-order valence-corrected chi connectivity index (χ1v) is 13.9. The second-order valence-corrected chi connectivity index (χ2v) is 9.31. The third kappa shape index (κ3) is 12.3. The molecule has 1 fully saturated rings. The van der Waals surface area contributed by atoms with Gasteiger partial charge in [-0.15, -0.1) is 0 Å². The molecule has 0 aromatic carbocycles. The van der Waals surface area contributed by atoms with Crippen LogP contribution < -0.4 is 0 Å². The molecular formula is C27H53NO6. The van der Waals surface area contributed by atoms with Crippen LogP contribution in [0.5, 0.6) is 0 Å². The van der Waals surface area contributed by atoms with Gasteiger partial charge in [-0.25, -0.2) is 0 Å². The summed E-state index contributed by atoms with van der Waals surface area (Å²) in [4.78, 5) is 14.1. The number of hydrogen-bond donors (Lipinski definition) is 0. The molecule has 0 N–H and O–H groups in total. The van der Waals surface area contributed by atoms with E-state index in [9.17, 15) is 4.79 Å². The molecule has 0 radical (unpaired) electrons. The van der Waals surface area contributed by atoms with Gasteiger partial charge in [0.05, 0.1) is 25.9 Å². The molecule has 0 amide bonds. The van der Waals surface area contributed by atoms with E-state index in [1.165, 1.54) is 7.11 Å². The van der Waals surface area contributed by atoms with E-state index in [1.807, 2.05) is 0 Å². The van der Waals surface area contributed by atoms with Crippen LogP contribution in [0.2, 0.25) is 0 Å². The smallest absolute Gasteiger partial charge is 0.305 e. The van der Waals surface area contributed by atoms with E-state index in [2.05, 4.69) is 32.6 Å². The maximum absolute atomic E-state index is 11.7. The molecule has 7 nitrogen and oxygen atoms in total. The number of ether oxygens (including phenoxy) is 5. The Hall–Kier alpha value is -0.730. The maximum Gasteiger partial charge on any atom is 0.305 e. The van der Waals surface area contributed by atoms with Crippen molar-refractivity contribution in [3.8, 4) is 0 Å². The average molecular weight is 488 g/mol. The van der Waals surface area contributed by atoms with Gasteiger partial charge in [-0.2, -0.15) is 0 Å². The zero-order valence-electron chi connectivity index (χ0n) is 22.7. The first-order valence-electron chi connectivity index (χ1n) is 13.9. The van der Waals surface area contributed by atoms with Gasteiger partial charge in [0.2, 0.25) is 0 Å². The quantitative estimate of drug-likeness (QED) is 0.167. The fourth-order valence-corrected chi connectivity index (χ4v) is 4.21. The monoisotopic (exact) mass is 487 g/mol. The number of unbranched alkanes of at least 4 members (excludes halogenated alkanes) is 4. The molecule has 34 heavy (non-hydrogen) atoms. The van der Waals surface area contributed by atoms with E-state index >= 15 is 0 Å². The Bertz CT molecular complexity index is 492. The van der Waals surface area contributed by atoms with Gasteiger partial charge in [0.25, 0.3) is 0 Å². The Balaban J connectivity index is 3.07. The summed E-state index contributed by atoms with van der Waals surface area (Å²) in [5.41, 5.74) is 0. The minimum absolute atomic E-state index is 0.0555. The van der Waals surface area contributed by atoms with E-state index in [4.69, 9.17) is 23.7 Å². The largest absolute Gasteiger partial charge is 0.469 e. The highest BCUT2D eigenvalue weighted by molar-refractivity contribution is 5.69. The van der Waals surface area contributed by atoms with Gasteiger partial charge in [0, 0.05) is 39.4 Å². The van der Waals surface area contributed by atoms with E-state index in [0.717, 1.165) is 84.1 Å². The molecule has 1 saturated heterocycles. The Morgan fingerprint density at radius 2 is 1.32 bits per heavy atom.